The standard InChI is InChI=1S/C24H32N4O3/c1-17(2)27-12-8-19(9-13-27)24(29)28-14-15-31-21(16-28)23-22(25-10-11-26-23)18-4-6-20(30-3)7-5-18/h4-7,10-11,17,19,21H,8-9,12-16H2,1-3H3/t21-/m0/s1. The molecule has 0 spiro atoms. The lowest BCUT2D eigenvalue weighted by Crippen LogP contribution is -2.48. The van der Waals surface area contributed by atoms with Crippen LogP contribution in [-0.2, 0) is 9.53 Å². The van der Waals surface area contributed by atoms with Crippen LogP contribution in [0.5, 0.6) is 5.75 Å². The minimum Gasteiger partial charge on any atom is -0.497 e. The average molecular weight is 425 g/mol. The average Bonchev–Trinajstić information content (AvgIpc) is 2.84. The van der Waals surface area contributed by atoms with E-state index in [0.717, 1.165) is 48.6 Å². The van der Waals surface area contributed by atoms with Crippen molar-refractivity contribution in [3.63, 3.8) is 0 Å². The summed E-state index contributed by atoms with van der Waals surface area (Å²) in [4.78, 5) is 26.8. The maximum absolute atomic E-state index is 13.2. The van der Waals surface area contributed by atoms with Crippen LogP contribution in [0.2, 0.25) is 0 Å². The summed E-state index contributed by atoms with van der Waals surface area (Å²) in [6.45, 7) is 8.09. The van der Waals surface area contributed by atoms with E-state index in [0.29, 0.717) is 25.7 Å². The van der Waals surface area contributed by atoms with Gasteiger partial charge in [0.2, 0.25) is 5.91 Å². The molecule has 31 heavy (non-hydrogen) atoms. The van der Waals surface area contributed by atoms with Crippen molar-refractivity contribution < 1.29 is 14.3 Å². The summed E-state index contributed by atoms with van der Waals surface area (Å²) in [6.07, 6.45) is 4.97. The van der Waals surface area contributed by atoms with E-state index in [4.69, 9.17) is 9.47 Å². The lowest BCUT2D eigenvalue weighted by molar-refractivity contribution is -0.145. The number of benzene rings is 1. The van der Waals surface area contributed by atoms with Gasteiger partial charge in [-0.05, 0) is 64.0 Å². The van der Waals surface area contributed by atoms with Gasteiger partial charge in [0.05, 0.1) is 31.6 Å². The smallest absolute Gasteiger partial charge is 0.225 e. The number of hydrogen-bond acceptors (Lipinski definition) is 6. The van der Waals surface area contributed by atoms with Crippen molar-refractivity contribution in [1.29, 1.82) is 0 Å². The molecule has 1 amide bonds. The molecule has 2 aliphatic rings. The number of methoxy groups -OCH3 is 1. The van der Waals surface area contributed by atoms with Crippen molar-refractivity contribution in [2.75, 3.05) is 39.9 Å². The van der Waals surface area contributed by atoms with Crippen molar-refractivity contribution in [3.8, 4) is 17.0 Å². The van der Waals surface area contributed by atoms with Crippen LogP contribution in [0.25, 0.3) is 11.3 Å². The number of aromatic nitrogens is 2. The molecule has 0 N–H and O–H groups in total. The predicted molar refractivity (Wildman–Crippen MR) is 119 cm³/mol. The van der Waals surface area contributed by atoms with Crippen LogP contribution in [0, 0.1) is 5.92 Å². The topological polar surface area (TPSA) is 67.8 Å². The first kappa shape index (κ1) is 21.7. The highest BCUT2D eigenvalue weighted by Gasteiger charge is 2.34. The molecule has 0 unspecified atom stereocenters. The van der Waals surface area contributed by atoms with E-state index >= 15 is 0 Å². The molecule has 4 rings (SSSR count). The molecular weight excluding hydrogens is 392 g/mol. The van der Waals surface area contributed by atoms with Gasteiger partial charge < -0.3 is 19.3 Å². The fourth-order valence-electron chi connectivity index (χ4n) is 4.49. The minimum atomic E-state index is -0.278. The Morgan fingerprint density at radius 1 is 1.10 bits per heavy atom. The van der Waals surface area contributed by atoms with Gasteiger partial charge in [-0.15, -0.1) is 0 Å². The highest BCUT2D eigenvalue weighted by atomic mass is 16.5. The molecule has 0 bridgehead atoms. The molecule has 1 atom stereocenters. The molecule has 2 aliphatic heterocycles. The van der Waals surface area contributed by atoms with Crippen LogP contribution >= 0.6 is 0 Å². The van der Waals surface area contributed by atoms with Gasteiger partial charge in [-0.1, -0.05) is 0 Å². The third-order valence-corrected chi connectivity index (χ3v) is 6.38. The van der Waals surface area contributed by atoms with Gasteiger partial charge in [0.1, 0.15) is 11.9 Å². The van der Waals surface area contributed by atoms with E-state index < -0.39 is 0 Å². The third kappa shape index (κ3) is 4.88. The van der Waals surface area contributed by atoms with E-state index in [-0.39, 0.29) is 17.9 Å². The van der Waals surface area contributed by atoms with Crippen LogP contribution in [0.4, 0.5) is 0 Å². The summed E-state index contributed by atoms with van der Waals surface area (Å²) >= 11 is 0. The minimum absolute atomic E-state index is 0.108. The Hall–Kier alpha value is -2.51. The molecule has 7 nitrogen and oxygen atoms in total. The van der Waals surface area contributed by atoms with E-state index in [9.17, 15) is 4.79 Å². The van der Waals surface area contributed by atoms with Gasteiger partial charge in [-0.3, -0.25) is 14.8 Å². The number of carbonyl (C=O) groups excluding carboxylic acids is 1. The van der Waals surface area contributed by atoms with Gasteiger partial charge in [0.25, 0.3) is 0 Å². The number of likely N-dealkylation sites (tertiary alicyclic amines) is 1. The van der Waals surface area contributed by atoms with Crippen molar-refractivity contribution in [2.45, 2.75) is 38.8 Å². The summed E-state index contributed by atoms with van der Waals surface area (Å²) in [5.74, 6) is 1.16. The second kappa shape index (κ2) is 9.75. The Kier molecular flexibility index (Phi) is 6.83. The summed E-state index contributed by atoms with van der Waals surface area (Å²) < 4.78 is 11.3. The maximum Gasteiger partial charge on any atom is 0.225 e. The summed E-state index contributed by atoms with van der Waals surface area (Å²) in [5, 5.41) is 0. The Bertz CT molecular complexity index is 879. The molecule has 0 radical (unpaired) electrons. The third-order valence-electron chi connectivity index (χ3n) is 6.38. The first-order valence-corrected chi connectivity index (χ1v) is 11.2. The zero-order valence-corrected chi connectivity index (χ0v) is 18.7. The Labute approximate surface area is 184 Å². The first-order valence-electron chi connectivity index (χ1n) is 11.2. The monoisotopic (exact) mass is 424 g/mol. The van der Waals surface area contributed by atoms with Crippen molar-refractivity contribution in [3.05, 3.63) is 42.4 Å². The molecule has 2 fully saturated rings. The first-order chi connectivity index (χ1) is 15.1. The molecule has 1 aromatic carbocycles. The van der Waals surface area contributed by atoms with Crippen LogP contribution in [-0.4, -0.2) is 71.6 Å². The second-order valence-electron chi connectivity index (χ2n) is 8.57. The number of morpholine rings is 1. The zero-order chi connectivity index (χ0) is 21.8. The fourth-order valence-corrected chi connectivity index (χ4v) is 4.49. The number of amides is 1. The largest absolute Gasteiger partial charge is 0.497 e. The highest BCUT2D eigenvalue weighted by Crippen LogP contribution is 2.31. The Morgan fingerprint density at radius 3 is 2.48 bits per heavy atom. The molecule has 166 valence electrons. The van der Waals surface area contributed by atoms with Gasteiger partial charge in [0.15, 0.2) is 0 Å². The Morgan fingerprint density at radius 2 is 1.81 bits per heavy atom. The van der Waals surface area contributed by atoms with E-state index in [2.05, 4.69) is 28.7 Å². The van der Waals surface area contributed by atoms with Crippen molar-refractivity contribution in [2.24, 2.45) is 5.92 Å². The second-order valence-corrected chi connectivity index (χ2v) is 8.57. The number of hydrogen-bond donors (Lipinski definition) is 0. The normalized spacial score (nSPS) is 20.8. The van der Waals surface area contributed by atoms with Gasteiger partial charge in [-0.2, -0.15) is 0 Å². The van der Waals surface area contributed by atoms with E-state index in [1.54, 1.807) is 19.5 Å². The quantitative estimate of drug-likeness (QED) is 0.734. The Balaban J connectivity index is 1.47. The number of carbonyl (C=O) groups is 1. The van der Waals surface area contributed by atoms with E-state index in [1.807, 2.05) is 29.2 Å². The number of ether oxygens (including phenoxy) is 2. The molecule has 0 saturated carbocycles. The summed E-state index contributed by atoms with van der Waals surface area (Å²) in [6, 6.07) is 8.31. The molecule has 7 heteroatoms. The van der Waals surface area contributed by atoms with Crippen LogP contribution in [0.3, 0.4) is 0 Å². The number of rotatable bonds is 5. The number of nitrogens with zero attached hydrogens (tertiary/aromatic N) is 4. The maximum atomic E-state index is 13.2. The lowest BCUT2D eigenvalue weighted by Gasteiger charge is -2.38. The molecule has 1 aromatic heterocycles. The van der Waals surface area contributed by atoms with Gasteiger partial charge in [0, 0.05) is 36.5 Å². The molecule has 3 heterocycles. The molecule has 2 saturated heterocycles. The van der Waals surface area contributed by atoms with Crippen LogP contribution in [0.1, 0.15) is 38.5 Å². The predicted octanol–water partition coefficient (Wildman–Crippen LogP) is 3.17. The number of piperidine rings is 1. The summed E-state index contributed by atoms with van der Waals surface area (Å²) in [7, 11) is 1.65. The molecule has 2 aromatic rings. The van der Waals surface area contributed by atoms with Gasteiger partial charge in [-0.25, -0.2) is 0 Å². The van der Waals surface area contributed by atoms with Crippen molar-refractivity contribution >= 4 is 5.91 Å². The summed E-state index contributed by atoms with van der Waals surface area (Å²) in [5.41, 5.74) is 2.52. The SMILES string of the molecule is COc1ccc(-c2nccnc2[C@@H]2CN(C(=O)C3CCN(C(C)C)CC3)CCO2)cc1. The van der Waals surface area contributed by atoms with Gasteiger partial charge >= 0.3 is 0 Å². The highest BCUT2D eigenvalue weighted by molar-refractivity contribution is 5.79. The van der Waals surface area contributed by atoms with E-state index in [1.165, 1.54) is 0 Å². The molecular formula is C24H32N4O3. The lowest BCUT2D eigenvalue weighted by atomic mass is 9.94. The van der Waals surface area contributed by atoms with Crippen LogP contribution < -0.4 is 4.74 Å². The van der Waals surface area contributed by atoms with Crippen LogP contribution in [0.15, 0.2) is 36.7 Å². The molecule has 0 aliphatic carbocycles. The van der Waals surface area contributed by atoms with Crippen molar-refractivity contribution in [1.82, 2.24) is 19.8 Å². The fraction of sp³-hybridized carbons (Fsp3) is 0.542. The zero-order valence-electron chi connectivity index (χ0n) is 18.7.